The Kier molecular flexibility index (Phi) is 2.90. The molecule has 0 amide bonds. The molecule has 84 valence electrons. The number of ether oxygens (including phenoxy) is 2. The van der Waals surface area contributed by atoms with Gasteiger partial charge in [-0.05, 0) is 19.1 Å². The number of hydrogen-bond donors (Lipinski definition) is 0. The lowest BCUT2D eigenvalue weighted by Gasteiger charge is -2.22. The van der Waals surface area contributed by atoms with Gasteiger partial charge in [0.25, 0.3) is 0 Å². The maximum Gasteiger partial charge on any atom is 0.320 e. The van der Waals surface area contributed by atoms with Gasteiger partial charge < -0.3 is 9.47 Å². The summed E-state index contributed by atoms with van der Waals surface area (Å²) in [5.74, 6) is -1.02. The van der Waals surface area contributed by atoms with Gasteiger partial charge in [-0.25, -0.2) is 0 Å². The van der Waals surface area contributed by atoms with E-state index < -0.39 is 11.9 Å². The Morgan fingerprint density at radius 2 is 2.25 bits per heavy atom. The van der Waals surface area contributed by atoms with E-state index in [9.17, 15) is 9.59 Å². The molecule has 2 rings (SSSR count). The van der Waals surface area contributed by atoms with Crippen LogP contribution in [0.15, 0.2) is 24.3 Å². The van der Waals surface area contributed by atoms with Crippen LogP contribution in [0.1, 0.15) is 17.3 Å². The molecule has 0 saturated heterocycles. The normalized spacial score (nSPS) is 18.6. The maximum atomic E-state index is 12.0. The second kappa shape index (κ2) is 4.35. The van der Waals surface area contributed by atoms with Gasteiger partial charge in [0.15, 0.2) is 11.7 Å². The van der Waals surface area contributed by atoms with Crippen LogP contribution in [-0.2, 0) is 9.53 Å². The maximum absolute atomic E-state index is 12.0. The van der Waals surface area contributed by atoms with Gasteiger partial charge in [-0.2, -0.15) is 0 Å². The van der Waals surface area contributed by atoms with Crippen molar-refractivity contribution in [3.8, 4) is 5.75 Å². The van der Waals surface area contributed by atoms with Crippen molar-refractivity contribution in [1.82, 2.24) is 0 Å². The van der Waals surface area contributed by atoms with Gasteiger partial charge in [0.05, 0.1) is 12.2 Å². The van der Waals surface area contributed by atoms with Crippen molar-refractivity contribution in [3.63, 3.8) is 0 Å². The number of ketones is 1. The molecule has 1 atom stereocenters. The fraction of sp³-hybridized carbons (Fsp3) is 0.333. The third-order valence-electron chi connectivity index (χ3n) is 2.45. The Labute approximate surface area is 93.2 Å². The average molecular weight is 220 g/mol. The molecule has 0 aliphatic carbocycles. The summed E-state index contributed by atoms with van der Waals surface area (Å²) in [4.78, 5) is 23.4. The first-order valence-electron chi connectivity index (χ1n) is 5.16. The van der Waals surface area contributed by atoms with Crippen LogP contribution in [0.4, 0.5) is 0 Å². The zero-order valence-electron chi connectivity index (χ0n) is 8.93. The lowest BCUT2D eigenvalue weighted by atomic mass is 9.95. The summed E-state index contributed by atoms with van der Waals surface area (Å²) in [5.41, 5.74) is 0.451. The van der Waals surface area contributed by atoms with Crippen molar-refractivity contribution in [2.24, 2.45) is 5.92 Å². The van der Waals surface area contributed by atoms with Crippen LogP contribution in [0.2, 0.25) is 0 Å². The highest BCUT2D eigenvalue weighted by Crippen LogP contribution is 2.27. The number of Topliss-reactive ketones (excluding diaryl/α,β-unsaturated/α-hetero) is 1. The van der Waals surface area contributed by atoms with Crippen LogP contribution in [0.3, 0.4) is 0 Å². The number of para-hydroxylation sites is 1. The number of hydrogen-bond acceptors (Lipinski definition) is 4. The van der Waals surface area contributed by atoms with E-state index >= 15 is 0 Å². The van der Waals surface area contributed by atoms with Crippen LogP contribution in [0.5, 0.6) is 5.75 Å². The molecular weight excluding hydrogens is 208 g/mol. The molecule has 0 bridgehead atoms. The highest BCUT2D eigenvalue weighted by atomic mass is 16.5. The summed E-state index contributed by atoms with van der Waals surface area (Å²) in [7, 11) is 0. The van der Waals surface area contributed by atoms with Crippen LogP contribution in [0, 0.1) is 5.92 Å². The van der Waals surface area contributed by atoms with Crippen LogP contribution in [-0.4, -0.2) is 25.0 Å². The molecule has 0 unspecified atom stereocenters. The zero-order chi connectivity index (χ0) is 11.5. The molecule has 4 heteroatoms. The smallest absolute Gasteiger partial charge is 0.320 e. The van der Waals surface area contributed by atoms with E-state index in [1.165, 1.54) is 0 Å². The first-order chi connectivity index (χ1) is 7.74. The molecule has 1 aromatic carbocycles. The van der Waals surface area contributed by atoms with E-state index in [4.69, 9.17) is 9.47 Å². The molecule has 1 aliphatic rings. The number of fused-ring (bicyclic) bond motifs is 1. The van der Waals surface area contributed by atoms with Gasteiger partial charge in [0.2, 0.25) is 0 Å². The lowest BCUT2D eigenvalue weighted by Crippen LogP contribution is -2.35. The van der Waals surface area contributed by atoms with Gasteiger partial charge in [0.1, 0.15) is 12.4 Å². The van der Waals surface area contributed by atoms with Crippen molar-refractivity contribution in [2.45, 2.75) is 6.92 Å². The molecular formula is C12H12O4. The monoisotopic (exact) mass is 220 g/mol. The predicted octanol–water partition coefficient (Wildman–Crippen LogP) is 1.44. The highest BCUT2D eigenvalue weighted by molar-refractivity contribution is 6.11. The lowest BCUT2D eigenvalue weighted by molar-refractivity contribution is -0.147. The van der Waals surface area contributed by atoms with Crippen molar-refractivity contribution in [1.29, 1.82) is 0 Å². The second-order valence-corrected chi connectivity index (χ2v) is 3.48. The highest BCUT2D eigenvalue weighted by Gasteiger charge is 2.35. The Morgan fingerprint density at radius 1 is 1.50 bits per heavy atom. The Bertz CT molecular complexity index is 425. The molecule has 0 N–H and O–H groups in total. The topological polar surface area (TPSA) is 52.6 Å². The van der Waals surface area contributed by atoms with E-state index in [1.54, 1.807) is 31.2 Å². The van der Waals surface area contributed by atoms with Crippen molar-refractivity contribution in [2.75, 3.05) is 13.2 Å². The summed E-state index contributed by atoms with van der Waals surface area (Å²) in [6.45, 7) is 2.04. The number of rotatable bonds is 2. The number of carbonyl (C=O) groups is 2. The zero-order valence-corrected chi connectivity index (χ0v) is 8.93. The summed E-state index contributed by atoms with van der Waals surface area (Å²) in [6, 6.07) is 6.90. The van der Waals surface area contributed by atoms with E-state index in [2.05, 4.69) is 0 Å². The molecule has 4 nitrogen and oxygen atoms in total. The average Bonchev–Trinajstić information content (AvgIpc) is 2.30. The van der Waals surface area contributed by atoms with Crippen molar-refractivity contribution < 1.29 is 19.1 Å². The molecule has 1 heterocycles. The summed E-state index contributed by atoms with van der Waals surface area (Å²) >= 11 is 0. The molecule has 16 heavy (non-hydrogen) atoms. The fourth-order valence-electron chi connectivity index (χ4n) is 1.65. The van der Waals surface area contributed by atoms with Crippen molar-refractivity contribution >= 4 is 11.8 Å². The van der Waals surface area contributed by atoms with Crippen LogP contribution in [0.25, 0.3) is 0 Å². The van der Waals surface area contributed by atoms with Gasteiger partial charge in [-0.3, -0.25) is 9.59 Å². The van der Waals surface area contributed by atoms with E-state index in [0.29, 0.717) is 11.3 Å². The van der Waals surface area contributed by atoms with Gasteiger partial charge in [0, 0.05) is 0 Å². The SMILES string of the molecule is CCOC(=O)[C@H]1COc2ccccc2C1=O. The predicted molar refractivity (Wildman–Crippen MR) is 56.4 cm³/mol. The third-order valence-corrected chi connectivity index (χ3v) is 2.45. The largest absolute Gasteiger partial charge is 0.491 e. The van der Waals surface area contributed by atoms with Gasteiger partial charge in [-0.1, -0.05) is 12.1 Å². The molecule has 1 aliphatic heterocycles. The third kappa shape index (κ3) is 1.78. The molecule has 0 aromatic heterocycles. The van der Waals surface area contributed by atoms with Crippen molar-refractivity contribution in [3.05, 3.63) is 29.8 Å². The Balaban J connectivity index is 2.24. The van der Waals surface area contributed by atoms with Gasteiger partial charge in [-0.15, -0.1) is 0 Å². The van der Waals surface area contributed by atoms with Crippen LogP contribution >= 0.6 is 0 Å². The molecule has 0 radical (unpaired) electrons. The minimum Gasteiger partial charge on any atom is -0.491 e. The second-order valence-electron chi connectivity index (χ2n) is 3.48. The number of carbonyl (C=O) groups excluding carboxylic acids is 2. The molecule has 1 aromatic rings. The quantitative estimate of drug-likeness (QED) is 0.559. The summed E-state index contributed by atoms with van der Waals surface area (Å²) < 4.78 is 10.2. The Hall–Kier alpha value is -1.84. The van der Waals surface area contributed by atoms with E-state index in [-0.39, 0.29) is 19.0 Å². The van der Waals surface area contributed by atoms with Crippen LogP contribution < -0.4 is 4.74 Å². The molecule has 0 fully saturated rings. The number of benzene rings is 1. The Morgan fingerprint density at radius 3 is 3.00 bits per heavy atom. The standard InChI is InChI=1S/C12H12O4/c1-2-15-12(14)9-7-16-10-6-4-3-5-8(10)11(9)13/h3-6,9H,2,7H2,1H3/t9-/m0/s1. The van der Waals surface area contributed by atoms with Gasteiger partial charge >= 0.3 is 5.97 Å². The minimum atomic E-state index is -0.824. The minimum absolute atomic E-state index is 0.0642. The summed E-state index contributed by atoms with van der Waals surface area (Å²) in [6.07, 6.45) is 0. The fourth-order valence-corrected chi connectivity index (χ4v) is 1.65. The van der Waals surface area contributed by atoms with E-state index in [0.717, 1.165) is 0 Å². The molecule has 0 spiro atoms. The number of esters is 1. The summed E-state index contributed by atoms with van der Waals surface area (Å²) in [5, 5.41) is 0. The molecule has 0 saturated carbocycles. The first kappa shape index (κ1) is 10.7. The van der Waals surface area contributed by atoms with E-state index in [1.807, 2.05) is 0 Å². The first-order valence-corrected chi connectivity index (χ1v) is 5.16.